The third kappa shape index (κ3) is 2.59. The molecule has 138 valence electrons. The van der Waals surface area contributed by atoms with E-state index in [1.807, 2.05) is 49.4 Å². The first-order valence-corrected chi connectivity index (χ1v) is 9.45. The zero-order valence-corrected chi connectivity index (χ0v) is 15.8. The van der Waals surface area contributed by atoms with Crippen molar-refractivity contribution in [3.8, 4) is 11.1 Å². The number of hydrogen-bond acceptors (Lipinski definition) is 4. The van der Waals surface area contributed by atoms with Crippen molar-refractivity contribution in [2.75, 3.05) is 4.90 Å². The highest BCUT2D eigenvalue weighted by atomic mass is 16.1. The quantitative estimate of drug-likeness (QED) is 0.570. The summed E-state index contributed by atoms with van der Waals surface area (Å²) in [7, 11) is 0. The number of nitrogens with zero attached hydrogens (tertiary/aromatic N) is 3. The molecule has 0 amide bonds. The molecule has 3 heterocycles. The first kappa shape index (κ1) is 16.7. The molecule has 1 aliphatic heterocycles. The highest BCUT2D eigenvalue weighted by Crippen LogP contribution is 2.36. The molecule has 1 unspecified atom stereocenters. The number of aryl methyl sites for hydroxylation is 1. The van der Waals surface area contributed by atoms with Crippen molar-refractivity contribution in [2.24, 2.45) is 0 Å². The number of benzene rings is 2. The molecule has 0 saturated carbocycles. The van der Waals surface area contributed by atoms with E-state index in [0.717, 1.165) is 23.2 Å². The first-order valence-electron chi connectivity index (χ1n) is 9.45. The van der Waals surface area contributed by atoms with E-state index < -0.39 is 0 Å². The van der Waals surface area contributed by atoms with Gasteiger partial charge in [-0.25, -0.2) is 4.98 Å². The van der Waals surface area contributed by atoms with Crippen LogP contribution in [0.25, 0.3) is 22.2 Å². The number of aromatic nitrogens is 3. The Morgan fingerprint density at radius 1 is 1.07 bits per heavy atom. The summed E-state index contributed by atoms with van der Waals surface area (Å²) in [6.45, 7) is 4.18. The minimum Gasteiger partial charge on any atom is -0.309 e. The Kier molecular flexibility index (Phi) is 3.76. The molecule has 5 heteroatoms. The predicted octanol–water partition coefficient (Wildman–Crippen LogP) is 4.38. The second-order valence-corrected chi connectivity index (χ2v) is 7.36. The molecule has 2 aromatic carbocycles. The van der Waals surface area contributed by atoms with Crippen LogP contribution in [0.5, 0.6) is 0 Å². The summed E-state index contributed by atoms with van der Waals surface area (Å²) >= 11 is 0. The number of hydrogen-bond donors (Lipinski definition) is 1. The largest absolute Gasteiger partial charge is 0.309 e. The summed E-state index contributed by atoms with van der Waals surface area (Å²) in [6, 6.07) is 18.5. The van der Waals surface area contributed by atoms with Gasteiger partial charge in [0.05, 0.1) is 5.39 Å². The summed E-state index contributed by atoms with van der Waals surface area (Å²) in [5.74, 6) is 0.545. The van der Waals surface area contributed by atoms with Crippen molar-refractivity contribution in [3.63, 3.8) is 0 Å². The second-order valence-electron chi connectivity index (χ2n) is 7.36. The van der Waals surface area contributed by atoms with Gasteiger partial charge in [0, 0.05) is 17.9 Å². The summed E-state index contributed by atoms with van der Waals surface area (Å²) in [4.78, 5) is 27.3. The monoisotopic (exact) mass is 368 g/mol. The Balaban J connectivity index is 1.69. The summed E-state index contributed by atoms with van der Waals surface area (Å²) in [6.07, 6.45) is 2.64. The van der Waals surface area contributed by atoms with Crippen LogP contribution in [-0.4, -0.2) is 21.0 Å². The van der Waals surface area contributed by atoms with Crippen LogP contribution in [0.1, 0.15) is 18.1 Å². The fourth-order valence-corrected chi connectivity index (χ4v) is 4.03. The van der Waals surface area contributed by atoms with Gasteiger partial charge in [0.2, 0.25) is 5.95 Å². The standard InChI is InChI=1S/C23H20N4O/c1-14-7-9-16(10-8-14)18-11-12-24-21-20(18)22(28)26-23(25-21)27-15(2)13-17-5-3-4-6-19(17)27/h3-12,15H,13H2,1-2H3,(H,24,25,26,28). The van der Waals surface area contributed by atoms with Gasteiger partial charge in [0.15, 0.2) is 5.65 Å². The first-order chi connectivity index (χ1) is 13.6. The van der Waals surface area contributed by atoms with Crippen molar-refractivity contribution in [1.82, 2.24) is 15.0 Å². The number of H-pyrrole nitrogens is 1. The topological polar surface area (TPSA) is 61.9 Å². The number of rotatable bonds is 2. The molecule has 1 atom stereocenters. The zero-order chi connectivity index (χ0) is 19.3. The van der Waals surface area contributed by atoms with E-state index in [0.29, 0.717) is 17.0 Å². The van der Waals surface area contributed by atoms with Crippen molar-refractivity contribution in [1.29, 1.82) is 0 Å². The van der Waals surface area contributed by atoms with Gasteiger partial charge in [-0.1, -0.05) is 48.0 Å². The fourth-order valence-electron chi connectivity index (χ4n) is 4.03. The van der Waals surface area contributed by atoms with Gasteiger partial charge in [0.25, 0.3) is 5.56 Å². The third-order valence-electron chi connectivity index (χ3n) is 5.39. The van der Waals surface area contributed by atoms with E-state index in [-0.39, 0.29) is 11.6 Å². The minimum absolute atomic E-state index is 0.166. The maximum absolute atomic E-state index is 13.1. The van der Waals surface area contributed by atoms with Crippen LogP contribution in [0.3, 0.4) is 0 Å². The lowest BCUT2D eigenvalue weighted by Crippen LogP contribution is -2.28. The second kappa shape index (κ2) is 6.30. The summed E-state index contributed by atoms with van der Waals surface area (Å²) in [5, 5.41) is 0.523. The van der Waals surface area contributed by atoms with Gasteiger partial charge in [-0.2, -0.15) is 4.98 Å². The number of pyridine rings is 1. The van der Waals surface area contributed by atoms with E-state index in [9.17, 15) is 4.79 Å². The predicted molar refractivity (Wildman–Crippen MR) is 112 cm³/mol. The molecule has 2 aromatic heterocycles. The van der Waals surface area contributed by atoms with Crippen LogP contribution in [0.15, 0.2) is 65.6 Å². The van der Waals surface area contributed by atoms with Crippen LogP contribution in [-0.2, 0) is 6.42 Å². The van der Waals surface area contributed by atoms with Crippen molar-refractivity contribution >= 4 is 22.7 Å². The molecule has 0 radical (unpaired) electrons. The van der Waals surface area contributed by atoms with E-state index in [1.54, 1.807) is 6.20 Å². The average molecular weight is 368 g/mol. The van der Waals surface area contributed by atoms with Gasteiger partial charge in [-0.15, -0.1) is 0 Å². The summed E-state index contributed by atoms with van der Waals surface area (Å²) < 4.78 is 0. The third-order valence-corrected chi connectivity index (χ3v) is 5.39. The summed E-state index contributed by atoms with van der Waals surface area (Å²) in [5.41, 5.74) is 5.66. The molecule has 0 saturated heterocycles. The molecule has 4 aromatic rings. The lowest BCUT2D eigenvalue weighted by atomic mass is 10.0. The number of fused-ring (bicyclic) bond motifs is 2. The zero-order valence-electron chi connectivity index (χ0n) is 15.8. The van der Waals surface area contributed by atoms with Crippen molar-refractivity contribution in [3.05, 3.63) is 82.3 Å². The Hall–Kier alpha value is -3.47. The SMILES string of the molecule is Cc1ccc(-c2ccnc3nc(N4c5ccccc5CC4C)[nH]c(=O)c23)cc1. The van der Waals surface area contributed by atoms with Crippen LogP contribution in [0.4, 0.5) is 11.6 Å². The van der Waals surface area contributed by atoms with Gasteiger partial charge in [-0.3, -0.25) is 9.78 Å². The lowest BCUT2D eigenvalue weighted by molar-refractivity contribution is 0.740. The van der Waals surface area contributed by atoms with E-state index >= 15 is 0 Å². The van der Waals surface area contributed by atoms with Crippen LogP contribution < -0.4 is 10.5 Å². The molecular formula is C23H20N4O. The molecule has 0 fully saturated rings. The van der Waals surface area contributed by atoms with Crippen LogP contribution in [0, 0.1) is 6.92 Å². The fraction of sp³-hybridized carbons (Fsp3) is 0.174. The average Bonchev–Trinajstić information content (AvgIpc) is 3.03. The van der Waals surface area contributed by atoms with Crippen molar-refractivity contribution in [2.45, 2.75) is 26.3 Å². The van der Waals surface area contributed by atoms with Gasteiger partial charge in [-0.05, 0) is 49.1 Å². The number of nitrogens with one attached hydrogen (secondary N) is 1. The number of aromatic amines is 1. The Labute approximate surface area is 162 Å². The number of para-hydroxylation sites is 1. The highest BCUT2D eigenvalue weighted by molar-refractivity contribution is 5.92. The van der Waals surface area contributed by atoms with Crippen LogP contribution in [0.2, 0.25) is 0 Å². The Morgan fingerprint density at radius 3 is 2.68 bits per heavy atom. The molecule has 5 rings (SSSR count). The molecule has 0 bridgehead atoms. The van der Waals surface area contributed by atoms with E-state index in [2.05, 4.69) is 33.9 Å². The minimum atomic E-state index is -0.166. The van der Waals surface area contributed by atoms with Crippen LogP contribution >= 0.6 is 0 Å². The van der Waals surface area contributed by atoms with Gasteiger partial charge in [0.1, 0.15) is 0 Å². The molecule has 1 N–H and O–H groups in total. The Morgan fingerprint density at radius 2 is 1.86 bits per heavy atom. The van der Waals surface area contributed by atoms with Gasteiger partial charge >= 0.3 is 0 Å². The maximum atomic E-state index is 13.1. The molecule has 5 nitrogen and oxygen atoms in total. The van der Waals surface area contributed by atoms with E-state index in [4.69, 9.17) is 4.98 Å². The lowest BCUT2D eigenvalue weighted by Gasteiger charge is -2.23. The molecule has 0 aliphatic carbocycles. The van der Waals surface area contributed by atoms with E-state index in [1.165, 1.54) is 11.1 Å². The molecule has 28 heavy (non-hydrogen) atoms. The normalized spacial score (nSPS) is 15.8. The highest BCUT2D eigenvalue weighted by Gasteiger charge is 2.29. The molecular weight excluding hydrogens is 348 g/mol. The Bertz CT molecular complexity index is 1240. The van der Waals surface area contributed by atoms with Crippen molar-refractivity contribution < 1.29 is 0 Å². The maximum Gasteiger partial charge on any atom is 0.262 e. The molecule has 1 aliphatic rings. The molecule has 0 spiro atoms. The number of anilines is 2. The smallest absolute Gasteiger partial charge is 0.262 e. The van der Waals surface area contributed by atoms with Gasteiger partial charge < -0.3 is 4.90 Å².